The van der Waals surface area contributed by atoms with Gasteiger partial charge in [-0.25, -0.2) is 4.98 Å². The largest absolute Gasteiger partial charge is 0.357 e. The van der Waals surface area contributed by atoms with Gasteiger partial charge in [0.05, 0.1) is 10.7 Å². The maximum Gasteiger partial charge on any atom is 0.191 e. The fraction of sp³-hybridized carbons (Fsp3) is 0.765. The highest BCUT2D eigenvalue weighted by molar-refractivity contribution is 7.09. The minimum absolute atomic E-state index is 0.469. The fourth-order valence-electron chi connectivity index (χ4n) is 2.91. The SMILES string of the molecule is CCNC(=NCCc1csc(C)n1)NC1CN(C(C)C)CC1C. The predicted molar refractivity (Wildman–Crippen MR) is 99.3 cm³/mol. The molecule has 1 aromatic heterocycles. The molecule has 2 atom stereocenters. The summed E-state index contributed by atoms with van der Waals surface area (Å²) in [5, 5.41) is 10.2. The van der Waals surface area contributed by atoms with E-state index in [9.17, 15) is 0 Å². The lowest BCUT2D eigenvalue weighted by Gasteiger charge is -2.21. The van der Waals surface area contributed by atoms with E-state index < -0.39 is 0 Å². The molecule has 0 saturated carbocycles. The van der Waals surface area contributed by atoms with E-state index >= 15 is 0 Å². The van der Waals surface area contributed by atoms with Crippen molar-refractivity contribution in [3.8, 4) is 0 Å². The van der Waals surface area contributed by atoms with Crippen molar-refractivity contribution in [1.82, 2.24) is 20.5 Å². The Hall–Kier alpha value is -1.14. The normalized spacial score (nSPS) is 22.8. The van der Waals surface area contributed by atoms with E-state index in [0.29, 0.717) is 18.0 Å². The zero-order valence-electron chi connectivity index (χ0n) is 15.1. The Balaban J connectivity index is 1.88. The number of aryl methyl sites for hydroxylation is 1. The molecule has 2 rings (SSSR count). The van der Waals surface area contributed by atoms with Crippen LogP contribution in [0.4, 0.5) is 0 Å². The molecular weight excluding hydrogens is 306 g/mol. The molecule has 23 heavy (non-hydrogen) atoms. The third-order valence-corrected chi connectivity index (χ3v) is 5.16. The van der Waals surface area contributed by atoms with E-state index in [-0.39, 0.29) is 0 Å². The van der Waals surface area contributed by atoms with Crippen LogP contribution in [0.25, 0.3) is 0 Å². The van der Waals surface area contributed by atoms with Crippen LogP contribution in [0.1, 0.15) is 38.4 Å². The summed E-state index contributed by atoms with van der Waals surface area (Å²) in [6, 6.07) is 1.08. The van der Waals surface area contributed by atoms with Gasteiger partial charge in [0, 0.05) is 50.1 Å². The highest BCUT2D eigenvalue weighted by atomic mass is 32.1. The van der Waals surface area contributed by atoms with Crippen LogP contribution >= 0.6 is 11.3 Å². The molecular formula is C17H31N5S. The summed E-state index contributed by atoms with van der Waals surface area (Å²) < 4.78 is 0. The first kappa shape index (κ1) is 18.2. The molecule has 2 heterocycles. The number of aromatic nitrogens is 1. The number of hydrogen-bond donors (Lipinski definition) is 2. The van der Waals surface area contributed by atoms with E-state index in [1.165, 1.54) is 0 Å². The third-order valence-electron chi connectivity index (χ3n) is 4.34. The number of thiazole rings is 1. The molecule has 1 saturated heterocycles. The van der Waals surface area contributed by atoms with Gasteiger partial charge in [-0.3, -0.25) is 9.89 Å². The van der Waals surface area contributed by atoms with Gasteiger partial charge in [-0.2, -0.15) is 0 Å². The lowest BCUT2D eigenvalue weighted by molar-refractivity contribution is 0.265. The summed E-state index contributed by atoms with van der Waals surface area (Å²) in [4.78, 5) is 11.8. The summed E-state index contributed by atoms with van der Waals surface area (Å²) in [6.45, 7) is 14.9. The van der Waals surface area contributed by atoms with Gasteiger partial charge in [0.25, 0.3) is 0 Å². The Morgan fingerprint density at radius 1 is 1.48 bits per heavy atom. The van der Waals surface area contributed by atoms with Gasteiger partial charge in [0.15, 0.2) is 5.96 Å². The van der Waals surface area contributed by atoms with Crippen molar-refractivity contribution in [3.05, 3.63) is 16.1 Å². The Labute approximate surface area is 144 Å². The minimum atomic E-state index is 0.469. The van der Waals surface area contributed by atoms with Crippen LogP contribution < -0.4 is 10.6 Å². The fourth-order valence-corrected chi connectivity index (χ4v) is 3.56. The molecule has 2 N–H and O–H groups in total. The maximum atomic E-state index is 4.73. The highest BCUT2D eigenvalue weighted by Crippen LogP contribution is 2.18. The first-order chi connectivity index (χ1) is 11.0. The number of guanidine groups is 1. The predicted octanol–water partition coefficient (Wildman–Crippen LogP) is 2.28. The molecule has 0 amide bonds. The van der Waals surface area contributed by atoms with Crippen LogP contribution in [0.15, 0.2) is 10.4 Å². The van der Waals surface area contributed by atoms with Crippen molar-refractivity contribution >= 4 is 17.3 Å². The van der Waals surface area contributed by atoms with Gasteiger partial charge < -0.3 is 10.6 Å². The molecule has 5 nitrogen and oxygen atoms in total. The monoisotopic (exact) mass is 337 g/mol. The van der Waals surface area contributed by atoms with Crippen LogP contribution in [0.5, 0.6) is 0 Å². The van der Waals surface area contributed by atoms with E-state index in [4.69, 9.17) is 4.99 Å². The number of aliphatic imine (C=N–C) groups is 1. The number of nitrogens with one attached hydrogen (secondary N) is 2. The lowest BCUT2D eigenvalue weighted by Crippen LogP contribution is -2.47. The Morgan fingerprint density at radius 2 is 2.26 bits per heavy atom. The molecule has 1 aromatic rings. The van der Waals surface area contributed by atoms with Crippen LogP contribution in [-0.2, 0) is 6.42 Å². The molecule has 0 radical (unpaired) electrons. The topological polar surface area (TPSA) is 52.6 Å². The standard InChI is InChI=1S/C17H31N5S/c1-6-18-17(19-8-7-15-11-23-14(5)20-15)21-16-10-22(12(2)3)9-13(16)4/h11-13,16H,6-10H2,1-5H3,(H2,18,19,21). The van der Waals surface area contributed by atoms with Crippen molar-refractivity contribution in [2.45, 2.75) is 53.1 Å². The minimum Gasteiger partial charge on any atom is -0.357 e. The second-order valence-corrected chi connectivity index (χ2v) is 7.71. The van der Waals surface area contributed by atoms with Gasteiger partial charge >= 0.3 is 0 Å². The summed E-state index contributed by atoms with van der Waals surface area (Å²) in [5.41, 5.74) is 1.15. The molecule has 130 valence electrons. The quantitative estimate of drug-likeness (QED) is 0.618. The first-order valence-electron chi connectivity index (χ1n) is 8.69. The number of likely N-dealkylation sites (tertiary alicyclic amines) is 1. The van der Waals surface area contributed by atoms with Gasteiger partial charge in [-0.1, -0.05) is 6.92 Å². The Morgan fingerprint density at radius 3 is 2.83 bits per heavy atom. The van der Waals surface area contributed by atoms with E-state index in [0.717, 1.165) is 49.3 Å². The second-order valence-electron chi connectivity index (χ2n) is 6.64. The molecule has 0 aromatic carbocycles. The molecule has 0 bridgehead atoms. The summed E-state index contributed by atoms with van der Waals surface area (Å²) in [7, 11) is 0. The molecule has 1 aliphatic heterocycles. The average Bonchev–Trinajstić information content (AvgIpc) is 3.06. The van der Waals surface area contributed by atoms with Crippen LogP contribution in [0.2, 0.25) is 0 Å². The molecule has 1 fully saturated rings. The average molecular weight is 338 g/mol. The molecule has 2 unspecified atom stereocenters. The van der Waals surface area contributed by atoms with Crippen molar-refractivity contribution in [2.75, 3.05) is 26.2 Å². The zero-order chi connectivity index (χ0) is 16.8. The number of hydrogen-bond acceptors (Lipinski definition) is 4. The van der Waals surface area contributed by atoms with Gasteiger partial charge in [-0.15, -0.1) is 11.3 Å². The smallest absolute Gasteiger partial charge is 0.191 e. The molecule has 6 heteroatoms. The number of rotatable bonds is 6. The third kappa shape index (κ3) is 5.46. The van der Waals surface area contributed by atoms with Crippen LogP contribution in [-0.4, -0.2) is 54.1 Å². The van der Waals surface area contributed by atoms with Crippen molar-refractivity contribution in [3.63, 3.8) is 0 Å². The Bertz CT molecular complexity index is 511. The van der Waals surface area contributed by atoms with Gasteiger partial charge in [0.1, 0.15) is 0 Å². The number of nitrogens with zero attached hydrogens (tertiary/aromatic N) is 3. The Kier molecular flexibility index (Phi) is 6.84. The molecule has 0 spiro atoms. The van der Waals surface area contributed by atoms with Crippen molar-refractivity contribution in [2.24, 2.45) is 10.9 Å². The maximum absolute atomic E-state index is 4.73. The van der Waals surface area contributed by atoms with Crippen LogP contribution in [0.3, 0.4) is 0 Å². The summed E-state index contributed by atoms with van der Waals surface area (Å²) in [5.74, 6) is 1.57. The zero-order valence-corrected chi connectivity index (χ0v) is 15.9. The van der Waals surface area contributed by atoms with Gasteiger partial charge in [-0.05, 0) is 33.6 Å². The van der Waals surface area contributed by atoms with Crippen molar-refractivity contribution in [1.29, 1.82) is 0 Å². The summed E-state index contributed by atoms with van der Waals surface area (Å²) >= 11 is 1.71. The first-order valence-corrected chi connectivity index (χ1v) is 9.57. The van der Waals surface area contributed by atoms with E-state index in [1.54, 1.807) is 11.3 Å². The van der Waals surface area contributed by atoms with Gasteiger partial charge in [0.2, 0.25) is 0 Å². The van der Waals surface area contributed by atoms with E-state index in [1.807, 2.05) is 6.92 Å². The second kappa shape index (κ2) is 8.64. The van der Waals surface area contributed by atoms with Crippen molar-refractivity contribution < 1.29 is 0 Å². The summed E-state index contributed by atoms with van der Waals surface area (Å²) in [6.07, 6.45) is 0.902. The van der Waals surface area contributed by atoms with Crippen LogP contribution in [0, 0.1) is 12.8 Å². The molecule has 1 aliphatic rings. The lowest BCUT2D eigenvalue weighted by atomic mass is 10.1. The molecule has 0 aliphatic carbocycles. The van der Waals surface area contributed by atoms with E-state index in [2.05, 4.69) is 53.6 Å². The highest BCUT2D eigenvalue weighted by Gasteiger charge is 2.31.